The Morgan fingerprint density at radius 3 is 3.00 bits per heavy atom. The first-order valence-corrected chi connectivity index (χ1v) is 8.43. The molecule has 0 bridgehead atoms. The van der Waals surface area contributed by atoms with Crippen molar-refractivity contribution >= 4 is 28.6 Å². The smallest absolute Gasteiger partial charge is 0.226 e. The molecule has 0 aliphatic carbocycles. The van der Waals surface area contributed by atoms with Gasteiger partial charge in [-0.25, -0.2) is 4.98 Å². The Labute approximate surface area is 127 Å². The second kappa shape index (κ2) is 7.52. The average molecular weight is 309 g/mol. The maximum Gasteiger partial charge on any atom is 0.226 e. The van der Waals surface area contributed by atoms with Gasteiger partial charge in [0.15, 0.2) is 0 Å². The first-order chi connectivity index (χ1) is 9.69. The van der Waals surface area contributed by atoms with Crippen molar-refractivity contribution < 1.29 is 4.79 Å². The van der Waals surface area contributed by atoms with Crippen molar-refractivity contribution in [2.24, 2.45) is 0 Å². The van der Waals surface area contributed by atoms with Gasteiger partial charge in [0.2, 0.25) is 5.91 Å². The van der Waals surface area contributed by atoms with Crippen LogP contribution >= 0.6 is 22.7 Å². The third kappa shape index (κ3) is 4.40. The van der Waals surface area contributed by atoms with Gasteiger partial charge in [-0.1, -0.05) is 13.0 Å². The van der Waals surface area contributed by atoms with Crippen molar-refractivity contribution in [3.05, 3.63) is 28.6 Å². The van der Waals surface area contributed by atoms with Crippen molar-refractivity contribution in [1.29, 1.82) is 0 Å². The van der Waals surface area contributed by atoms with E-state index in [9.17, 15) is 4.79 Å². The van der Waals surface area contributed by atoms with Crippen LogP contribution in [-0.4, -0.2) is 30.0 Å². The Morgan fingerprint density at radius 1 is 1.45 bits per heavy atom. The number of nitrogens with zero attached hydrogens (tertiary/aromatic N) is 1. The minimum absolute atomic E-state index is 0.0257. The van der Waals surface area contributed by atoms with Gasteiger partial charge < -0.3 is 10.6 Å². The van der Waals surface area contributed by atoms with Crippen molar-refractivity contribution in [2.75, 3.05) is 13.1 Å². The van der Waals surface area contributed by atoms with Crippen molar-refractivity contribution in [1.82, 2.24) is 15.6 Å². The third-order valence-electron chi connectivity index (χ3n) is 2.78. The van der Waals surface area contributed by atoms with Crippen LogP contribution in [0.3, 0.4) is 0 Å². The fraction of sp³-hybridized carbons (Fsp3) is 0.429. The lowest BCUT2D eigenvalue weighted by Gasteiger charge is -2.12. The number of aromatic nitrogens is 1. The van der Waals surface area contributed by atoms with Gasteiger partial charge in [0.05, 0.1) is 17.0 Å². The maximum atomic E-state index is 11.8. The second-order valence-electron chi connectivity index (χ2n) is 4.56. The molecule has 6 heteroatoms. The minimum Gasteiger partial charge on any atom is -0.354 e. The number of hydrogen-bond acceptors (Lipinski definition) is 5. The van der Waals surface area contributed by atoms with Crippen LogP contribution in [0, 0.1) is 0 Å². The summed E-state index contributed by atoms with van der Waals surface area (Å²) in [4.78, 5) is 17.5. The fourth-order valence-electron chi connectivity index (χ4n) is 1.82. The van der Waals surface area contributed by atoms with E-state index in [0.29, 0.717) is 19.0 Å². The number of amides is 1. The van der Waals surface area contributed by atoms with E-state index in [4.69, 9.17) is 0 Å². The normalized spacial score (nSPS) is 12.3. The highest BCUT2D eigenvalue weighted by Gasteiger charge is 2.10. The van der Waals surface area contributed by atoms with Crippen LogP contribution in [0.5, 0.6) is 0 Å². The van der Waals surface area contributed by atoms with E-state index in [-0.39, 0.29) is 5.91 Å². The molecule has 2 aromatic rings. The molecule has 2 aromatic heterocycles. The number of carbonyl (C=O) groups is 1. The van der Waals surface area contributed by atoms with E-state index < -0.39 is 0 Å². The van der Waals surface area contributed by atoms with Crippen LogP contribution in [-0.2, 0) is 11.2 Å². The van der Waals surface area contributed by atoms with Gasteiger partial charge in [0, 0.05) is 18.0 Å². The number of carbonyl (C=O) groups excluding carboxylic acids is 1. The summed E-state index contributed by atoms with van der Waals surface area (Å²) in [6.45, 7) is 5.67. The van der Waals surface area contributed by atoms with Crippen LogP contribution in [0.4, 0.5) is 0 Å². The number of likely N-dealkylation sites (N-methyl/N-ethyl adjacent to an activating group) is 1. The molecule has 20 heavy (non-hydrogen) atoms. The molecular formula is C14H19N3OS2. The van der Waals surface area contributed by atoms with Crippen LogP contribution in [0.25, 0.3) is 9.88 Å². The van der Waals surface area contributed by atoms with Gasteiger partial charge in [-0.2, -0.15) is 0 Å². The quantitative estimate of drug-likeness (QED) is 0.826. The topological polar surface area (TPSA) is 54.0 Å². The molecule has 0 radical (unpaired) electrons. The lowest BCUT2D eigenvalue weighted by atomic mass is 10.3. The summed E-state index contributed by atoms with van der Waals surface area (Å²) < 4.78 is 0. The predicted octanol–water partition coefficient (Wildman–Crippen LogP) is 2.53. The number of nitrogens with one attached hydrogen (secondary N) is 2. The average Bonchev–Trinajstić information content (AvgIpc) is 3.07. The van der Waals surface area contributed by atoms with Crippen LogP contribution in [0.15, 0.2) is 22.9 Å². The molecule has 4 nitrogen and oxygen atoms in total. The second-order valence-corrected chi connectivity index (χ2v) is 6.37. The zero-order chi connectivity index (χ0) is 14.4. The molecule has 1 amide bonds. The largest absolute Gasteiger partial charge is 0.354 e. The van der Waals surface area contributed by atoms with E-state index in [1.165, 1.54) is 0 Å². The van der Waals surface area contributed by atoms with Crippen molar-refractivity contribution in [3.8, 4) is 9.88 Å². The molecular weight excluding hydrogens is 290 g/mol. The van der Waals surface area contributed by atoms with Gasteiger partial charge >= 0.3 is 0 Å². The molecule has 0 aliphatic rings. The zero-order valence-corrected chi connectivity index (χ0v) is 13.3. The Hall–Kier alpha value is -1.24. The summed E-state index contributed by atoms with van der Waals surface area (Å²) in [5, 5.41) is 11.2. The van der Waals surface area contributed by atoms with Gasteiger partial charge in [-0.15, -0.1) is 22.7 Å². The molecule has 0 saturated carbocycles. The highest BCUT2D eigenvalue weighted by molar-refractivity contribution is 7.20. The molecule has 0 saturated heterocycles. The van der Waals surface area contributed by atoms with Gasteiger partial charge in [-0.05, 0) is 24.9 Å². The number of thiophene rings is 1. The molecule has 1 atom stereocenters. The highest BCUT2D eigenvalue weighted by Crippen LogP contribution is 2.27. The fourth-order valence-corrected chi connectivity index (χ4v) is 3.45. The summed E-state index contributed by atoms with van der Waals surface area (Å²) >= 11 is 3.26. The molecule has 108 valence electrons. The molecule has 0 aromatic carbocycles. The molecule has 0 aliphatic heterocycles. The Kier molecular flexibility index (Phi) is 5.70. The van der Waals surface area contributed by atoms with Crippen molar-refractivity contribution in [2.45, 2.75) is 26.3 Å². The van der Waals surface area contributed by atoms with Crippen LogP contribution in [0.1, 0.15) is 19.5 Å². The molecule has 2 N–H and O–H groups in total. The van der Waals surface area contributed by atoms with Gasteiger partial charge in [-0.3, -0.25) is 4.79 Å². The number of thiazole rings is 1. The molecule has 0 unspecified atom stereocenters. The van der Waals surface area contributed by atoms with Gasteiger partial charge in [0.25, 0.3) is 0 Å². The lowest BCUT2D eigenvalue weighted by molar-refractivity contribution is -0.120. The van der Waals surface area contributed by atoms with E-state index in [1.807, 2.05) is 22.9 Å². The van der Waals surface area contributed by atoms with E-state index in [0.717, 1.165) is 22.1 Å². The van der Waals surface area contributed by atoms with Gasteiger partial charge in [0.1, 0.15) is 5.01 Å². The van der Waals surface area contributed by atoms with Crippen molar-refractivity contribution in [3.63, 3.8) is 0 Å². The summed E-state index contributed by atoms with van der Waals surface area (Å²) in [7, 11) is 0. The third-order valence-corrected chi connectivity index (χ3v) is 4.71. The number of rotatable bonds is 7. The van der Waals surface area contributed by atoms with E-state index in [2.05, 4.69) is 29.5 Å². The van der Waals surface area contributed by atoms with Crippen LogP contribution < -0.4 is 10.6 Å². The Bertz CT molecular complexity index is 536. The Balaban J connectivity index is 1.83. The first-order valence-electron chi connectivity index (χ1n) is 6.67. The summed E-state index contributed by atoms with van der Waals surface area (Å²) in [5.74, 6) is 0.0257. The maximum absolute atomic E-state index is 11.8. The SMILES string of the molecule is CCN[C@H](C)CNC(=O)Cc1csc(-c2cccs2)n1. The first kappa shape index (κ1) is 15.2. The lowest BCUT2D eigenvalue weighted by Crippen LogP contribution is -2.39. The highest BCUT2D eigenvalue weighted by atomic mass is 32.1. The van der Waals surface area contributed by atoms with E-state index >= 15 is 0 Å². The van der Waals surface area contributed by atoms with Crippen LogP contribution in [0.2, 0.25) is 0 Å². The predicted molar refractivity (Wildman–Crippen MR) is 85.3 cm³/mol. The molecule has 2 heterocycles. The number of hydrogen-bond donors (Lipinski definition) is 2. The minimum atomic E-state index is 0.0257. The summed E-state index contributed by atoms with van der Waals surface area (Å²) in [5.41, 5.74) is 0.840. The molecule has 2 rings (SSSR count). The van der Waals surface area contributed by atoms with E-state index in [1.54, 1.807) is 22.7 Å². The molecule has 0 spiro atoms. The summed E-state index contributed by atoms with van der Waals surface area (Å²) in [6.07, 6.45) is 0.348. The summed E-state index contributed by atoms with van der Waals surface area (Å²) in [6, 6.07) is 4.35. The Morgan fingerprint density at radius 2 is 2.30 bits per heavy atom. The zero-order valence-electron chi connectivity index (χ0n) is 11.7. The molecule has 0 fully saturated rings. The monoisotopic (exact) mass is 309 g/mol. The standard InChI is InChI=1S/C14H19N3OS2/c1-3-15-10(2)8-16-13(18)7-11-9-20-14(17-11)12-5-4-6-19-12/h4-6,9-10,15H,3,7-8H2,1-2H3,(H,16,18)/t10-/m1/s1.